The van der Waals surface area contributed by atoms with Crippen LogP contribution in [0.2, 0.25) is 0 Å². The summed E-state index contributed by atoms with van der Waals surface area (Å²) >= 11 is 1.33. The largest absolute Gasteiger partial charge is 0.476 e. The smallest absolute Gasteiger partial charge is 0.355 e. The average molecular weight is 265 g/mol. The van der Waals surface area contributed by atoms with Crippen LogP contribution in [0, 0.1) is 5.82 Å². The fraction of sp³-hybridized carbons (Fsp3) is 0.231. The van der Waals surface area contributed by atoms with E-state index in [1.165, 1.54) is 17.4 Å². The monoisotopic (exact) mass is 265 g/mol. The first-order chi connectivity index (χ1) is 8.61. The van der Waals surface area contributed by atoms with Crippen LogP contribution in [-0.2, 0) is 12.8 Å². The Labute approximate surface area is 108 Å². The first kappa shape index (κ1) is 12.7. The average Bonchev–Trinajstić information content (AvgIpc) is 2.75. The molecule has 18 heavy (non-hydrogen) atoms. The predicted octanol–water partition coefficient (Wildman–Crippen LogP) is 3.13. The maximum atomic E-state index is 13.5. The summed E-state index contributed by atoms with van der Waals surface area (Å²) in [5, 5.41) is 9.63. The highest BCUT2D eigenvalue weighted by Gasteiger charge is 2.16. The lowest BCUT2D eigenvalue weighted by Gasteiger charge is -1.98. The van der Waals surface area contributed by atoms with Crippen LogP contribution in [0.3, 0.4) is 0 Å². The van der Waals surface area contributed by atoms with E-state index in [1.54, 1.807) is 18.2 Å². The maximum Gasteiger partial charge on any atom is 0.355 e. The zero-order valence-corrected chi connectivity index (χ0v) is 10.6. The van der Waals surface area contributed by atoms with Gasteiger partial charge in [-0.25, -0.2) is 14.2 Å². The highest BCUT2D eigenvalue weighted by molar-refractivity contribution is 7.11. The van der Waals surface area contributed by atoms with Gasteiger partial charge < -0.3 is 5.11 Å². The Bertz CT molecular complexity index is 580. The number of thiazole rings is 1. The molecule has 94 valence electrons. The van der Waals surface area contributed by atoms with Gasteiger partial charge in [0.1, 0.15) is 5.82 Å². The summed E-state index contributed by atoms with van der Waals surface area (Å²) in [7, 11) is 0. The van der Waals surface area contributed by atoms with E-state index >= 15 is 0 Å². The second-order valence-electron chi connectivity index (χ2n) is 3.81. The van der Waals surface area contributed by atoms with E-state index in [4.69, 9.17) is 5.11 Å². The number of benzene rings is 1. The van der Waals surface area contributed by atoms with E-state index in [-0.39, 0.29) is 11.5 Å². The molecule has 0 aliphatic rings. The number of aromatic nitrogens is 1. The van der Waals surface area contributed by atoms with Gasteiger partial charge in [0.2, 0.25) is 0 Å². The number of carboxylic acids is 1. The lowest BCUT2D eigenvalue weighted by Crippen LogP contribution is -2.00. The molecule has 1 heterocycles. The van der Waals surface area contributed by atoms with Gasteiger partial charge in [-0.2, -0.15) is 0 Å². The SMILES string of the molecule is CCc1sc(Cc2ccccc2F)nc1C(=O)O. The van der Waals surface area contributed by atoms with Gasteiger partial charge >= 0.3 is 5.97 Å². The predicted molar refractivity (Wildman–Crippen MR) is 67.7 cm³/mol. The van der Waals surface area contributed by atoms with Crippen LogP contribution in [0.1, 0.15) is 32.9 Å². The summed E-state index contributed by atoms with van der Waals surface area (Å²) in [6, 6.07) is 6.45. The third kappa shape index (κ3) is 2.56. The molecule has 2 aromatic rings. The van der Waals surface area contributed by atoms with Gasteiger partial charge in [0, 0.05) is 11.3 Å². The fourth-order valence-electron chi connectivity index (χ4n) is 1.69. The number of rotatable bonds is 4. The first-order valence-electron chi connectivity index (χ1n) is 5.57. The fourth-order valence-corrected chi connectivity index (χ4v) is 2.71. The summed E-state index contributed by atoms with van der Waals surface area (Å²) in [6.45, 7) is 1.88. The van der Waals surface area contributed by atoms with Crippen LogP contribution < -0.4 is 0 Å². The Morgan fingerprint density at radius 3 is 2.72 bits per heavy atom. The van der Waals surface area contributed by atoms with Crippen LogP contribution >= 0.6 is 11.3 Å². The molecule has 0 unspecified atom stereocenters. The zero-order chi connectivity index (χ0) is 13.1. The van der Waals surface area contributed by atoms with Crippen LogP contribution in [-0.4, -0.2) is 16.1 Å². The van der Waals surface area contributed by atoms with Crippen LogP contribution in [0.4, 0.5) is 4.39 Å². The van der Waals surface area contributed by atoms with Crippen molar-refractivity contribution in [3.63, 3.8) is 0 Å². The quantitative estimate of drug-likeness (QED) is 0.924. The van der Waals surface area contributed by atoms with Crippen molar-refractivity contribution in [3.05, 3.63) is 51.2 Å². The van der Waals surface area contributed by atoms with Crippen molar-refractivity contribution in [2.24, 2.45) is 0 Å². The van der Waals surface area contributed by atoms with Crippen molar-refractivity contribution < 1.29 is 14.3 Å². The van der Waals surface area contributed by atoms with E-state index in [9.17, 15) is 9.18 Å². The van der Waals surface area contributed by atoms with Crippen molar-refractivity contribution in [2.75, 3.05) is 0 Å². The molecule has 0 aliphatic heterocycles. The Morgan fingerprint density at radius 1 is 1.44 bits per heavy atom. The molecule has 1 aromatic carbocycles. The van der Waals surface area contributed by atoms with Crippen molar-refractivity contribution in [1.29, 1.82) is 0 Å². The standard InChI is InChI=1S/C13H12FNO2S/c1-2-10-12(13(16)17)15-11(18-10)7-8-5-3-4-6-9(8)14/h3-6H,2,7H2,1H3,(H,16,17). The van der Waals surface area contributed by atoms with Crippen molar-refractivity contribution in [1.82, 2.24) is 4.98 Å². The van der Waals surface area contributed by atoms with Gasteiger partial charge in [-0.05, 0) is 18.1 Å². The van der Waals surface area contributed by atoms with Gasteiger partial charge in [-0.1, -0.05) is 25.1 Å². The molecule has 0 radical (unpaired) electrons. The Hall–Kier alpha value is -1.75. The second kappa shape index (κ2) is 5.27. The molecule has 1 aromatic heterocycles. The minimum Gasteiger partial charge on any atom is -0.476 e. The maximum absolute atomic E-state index is 13.5. The summed E-state index contributed by atoms with van der Waals surface area (Å²) in [5.41, 5.74) is 0.625. The number of hydrogen-bond acceptors (Lipinski definition) is 3. The minimum absolute atomic E-state index is 0.0915. The highest BCUT2D eigenvalue weighted by Crippen LogP contribution is 2.22. The lowest BCUT2D eigenvalue weighted by molar-refractivity contribution is 0.0690. The Balaban J connectivity index is 2.30. The van der Waals surface area contributed by atoms with Crippen LogP contribution in [0.25, 0.3) is 0 Å². The van der Waals surface area contributed by atoms with Crippen LogP contribution in [0.5, 0.6) is 0 Å². The van der Waals surface area contributed by atoms with E-state index in [0.717, 1.165) is 4.88 Å². The minimum atomic E-state index is -1.03. The Morgan fingerprint density at radius 2 is 2.17 bits per heavy atom. The molecule has 2 rings (SSSR count). The zero-order valence-electron chi connectivity index (χ0n) is 9.81. The third-order valence-corrected chi connectivity index (χ3v) is 3.76. The second-order valence-corrected chi connectivity index (χ2v) is 4.97. The molecule has 0 aliphatic carbocycles. The van der Waals surface area contributed by atoms with E-state index in [2.05, 4.69) is 4.98 Å². The first-order valence-corrected chi connectivity index (χ1v) is 6.38. The number of aromatic carboxylic acids is 1. The van der Waals surface area contributed by atoms with Crippen LogP contribution in [0.15, 0.2) is 24.3 Å². The molecule has 0 saturated carbocycles. The topological polar surface area (TPSA) is 50.2 Å². The molecule has 5 heteroatoms. The number of aryl methyl sites for hydroxylation is 1. The van der Waals surface area contributed by atoms with Gasteiger partial charge in [0.05, 0.1) is 5.01 Å². The summed E-state index contributed by atoms with van der Waals surface area (Å²) in [6.07, 6.45) is 0.953. The molecule has 0 fully saturated rings. The number of hydrogen-bond donors (Lipinski definition) is 1. The molecular weight excluding hydrogens is 253 g/mol. The van der Waals surface area contributed by atoms with E-state index in [1.807, 2.05) is 6.92 Å². The van der Waals surface area contributed by atoms with E-state index in [0.29, 0.717) is 23.4 Å². The molecule has 0 saturated heterocycles. The number of carboxylic acid groups (broad SMARTS) is 1. The number of halogens is 1. The van der Waals surface area contributed by atoms with Gasteiger partial charge in [-0.3, -0.25) is 0 Å². The normalized spacial score (nSPS) is 10.6. The van der Waals surface area contributed by atoms with Crippen molar-refractivity contribution in [3.8, 4) is 0 Å². The van der Waals surface area contributed by atoms with Gasteiger partial charge in [0.25, 0.3) is 0 Å². The summed E-state index contributed by atoms with van der Waals surface area (Å²) in [4.78, 5) is 15.8. The lowest BCUT2D eigenvalue weighted by atomic mass is 10.1. The summed E-state index contributed by atoms with van der Waals surface area (Å²) in [5.74, 6) is -1.31. The highest BCUT2D eigenvalue weighted by atomic mass is 32.1. The molecule has 0 spiro atoms. The third-order valence-electron chi connectivity index (χ3n) is 2.56. The molecular formula is C13H12FNO2S. The molecule has 3 nitrogen and oxygen atoms in total. The van der Waals surface area contributed by atoms with E-state index < -0.39 is 5.97 Å². The van der Waals surface area contributed by atoms with Crippen molar-refractivity contribution in [2.45, 2.75) is 19.8 Å². The summed E-state index contributed by atoms with van der Waals surface area (Å²) < 4.78 is 13.5. The van der Waals surface area contributed by atoms with Gasteiger partial charge in [-0.15, -0.1) is 11.3 Å². The molecule has 1 N–H and O–H groups in total. The molecule has 0 bridgehead atoms. The molecule has 0 atom stereocenters. The van der Waals surface area contributed by atoms with Crippen molar-refractivity contribution >= 4 is 17.3 Å². The molecule has 0 amide bonds. The Kier molecular flexibility index (Phi) is 3.72. The number of nitrogens with zero attached hydrogens (tertiary/aromatic N) is 1. The number of carbonyl (C=O) groups is 1. The van der Waals surface area contributed by atoms with Gasteiger partial charge in [0.15, 0.2) is 5.69 Å².